The van der Waals surface area contributed by atoms with E-state index in [0.29, 0.717) is 6.42 Å². The molecule has 2 aromatic rings. The molecule has 1 unspecified atom stereocenters. The van der Waals surface area contributed by atoms with Gasteiger partial charge in [0, 0.05) is 43.5 Å². The molecule has 0 bridgehead atoms. The van der Waals surface area contributed by atoms with E-state index in [4.69, 9.17) is 4.99 Å². The van der Waals surface area contributed by atoms with Crippen LogP contribution in [0.25, 0.3) is 0 Å². The van der Waals surface area contributed by atoms with Gasteiger partial charge in [-0.2, -0.15) is 5.10 Å². The SMILES string of the molecule is Cc1[nH]nc2c1C(=O)CC(C)(C)C2N=Cc1ccc(N(C)C)cc1. The first kappa shape index (κ1) is 16.4. The lowest BCUT2D eigenvalue weighted by atomic mass is 9.72. The highest BCUT2D eigenvalue weighted by atomic mass is 16.1. The summed E-state index contributed by atoms with van der Waals surface area (Å²) in [6.07, 6.45) is 2.37. The number of carbonyl (C=O) groups excluding carboxylic acids is 1. The Bertz CT molecular complexity index is 784. The van der Waals surface area contributed by atoms with Crippen molar-refractivity contribution in [3.63, 3.8) is 0 Å². The van der Waals surface area contributed by atoms with Crippen molar-refractivity contribution in [3.05, 3.63) is 46.8 Å². The first-order valence-electron chi connectivity index (χ1n) is 8.18. The Hall–Kier alpha value is -2.43. The number of rotatable bonds is 3. The first-order chi connectivity index (χ1) is 11.3. The van der Waals surface area contributed by atoms with Gasteiger partial charge in [-0.05, 0) is 24.6 Å². The van der Waals surface area contributed by atoms with Crippen LogP contribution in [0.15, 0.2) is 29.3 Å². The van der Waals surface area contributed by atoms with Crippen LogP contribution in [0.4, 0.5) is 5.69 Å². The predicted molar refractivity (Wildman–Crippen MR) is 97.2 cm³/mol. The molecular weight excluding hydrogens is 300 g/mol. The molecular formula is C19H24N4O. The molecule has 1 aliphatic carbocycles. The molecule has 1 aromatic carbocycles. The molecule has 5 heteroatoms. The summed E-state index contributed by atoms with van der Waals surface area (Å²) in [6, 6.07) is 8.12. The predicted octanol–water partition coefficient (Wildman–Crippen LogP) is 3.56. The van der Waals surface area contributed by atoms with Crippen LogP contribution in [0.5, 0.6) is 0 Å². The number of carbonyl (C=O) groups is 1. The molecule has 1 N–H and O–H groups in total. The number of nitrogens with zero attached hydrogens (tertiary/aromatic N) is 3. The second-order valence-corrected chi connectivity index (χ2v) is 7.36. The summed E-state index contributed by atoms with van der Waals surface area (Å²) in [6.45, 7) is 6.05. The maximum absolute atomic E-state index is 12.4. The highest BCUT2D eigenvalue weighted by molar-refractivity contribution is 6.00. The molecule has 126 valence electrons. The van der Waals surface area contributed by atoms with Crippen LogP contribution in [0.3, 0.4) is 0 Å². The molecule has 1 aromatic heterocycles. The van der Waals surface area contributed by atoms with E-state index in [0.717, 1.165) is 28.2 Å². The van der Waals surface area contributed by atoms with E-state index in [1.54, 1.807) is 0 Å². The quantitative estimate of drug-likeness (QED) is 0.878. The molecule has 0 saturated carbocycles. The maximum Gasteiger partial charge on any atom is 0.167 e. The van der Waals surface area contributed by atoms with Gasteiger partial charge < -0.3 is 4.90 Å². The number of ketones is 1. The molecule has 0 spiro atoms. The van der Waals surface area contributed by atoms with Gasteiger partial charge >= 0.3 is 0 Å². The standard InChI is InChI=1S/C19H24N4O/c1-12-16-15(24)10-19(2,3)18(17(16)22-21-12)20-11-13-6-8-14(9-7-13)23(4)5/h6-9,11,18H,10H2,1-5H3,(H,21,22). The molecule has 0 saturated heterocycles. The number of aromatic amines is 1. The maximum atomic E-state index is 12.4. The number of aryl methyl sites for hydroxylation is 1. The minimum atomic E-state index is -0.244. The second-order valence-electron chi connectivity index (χ2n) is 7.36. The summed E-state index contributed by atoms with van der Waals surface area (Å²) in [5.74, 6) is 0.156. The monoisotopic (exact) mass is 324 g/mol. The number of Topliss-reactive ketones (excluding diaryl/α,β-unsaturated/α-hetero) is 1. The normalized spacial score (nSPS) is 19.5. The summed E-state index contributed by atoms with van der Waals surface area (Å²) in [7, 11) is 4.04. The van der Waals surface area contributed by atoms with Crippen molar-refractivity contribution >= 4 is 17.7 Å². The highest BCUT2D eigenvalue weighted by Gasteiger charge is 2.42. The van der Waals surface area contributed by atoms with E-state index in [1.165, 1.54) is 0 Å². The molecule has 0 aliphatic heterocycles. The largest absolute Gasteiger partial charge is 0.378 e. The highest BCUT2D eigenvalue weighted by Crippen LogP contribution is 2.45. The molecule has 3 rings (SSSR count). The number of H-pyrrole nitrogens is 1. The molecule has 24 heavy (non-hydrogen) atoms. The van der Waals surface area contributed by atoms with E-state index < -0.39 is 0 Å². The fourth-order valence-electron chi connectivity index (χ4n) is 3.26. The van der Waals surface area contributed by atoms with Gasteiger partial charge in [-0.15, -0.1) is 0 Å². The van der Waals surface area contributed by atoms with Crippen LogP contribution >= 0.6 is 0 Å². The van der Waals surface area contributed by atoms with Crippen molar-refractivity contribution < 1.29 is 4.79 Å². The summed E-state index contributed by atoms with van der Waals surface area (Å²) >= 11 is 0. The lowest BCUT2D eigenvalue weighted by Gasteiger charge is -2.34. The summed E-state index contributed by atoms with van der Waals surface area (Å²) in [5, 5.41) is 7.31. The summed E-state index contributed by atoms with van der Waals surface area (Å²) in [5.41, 5.74) is 4.28. The van der Waals surface area contributed by atoms with Crippen molar-refractivity contribution in [3.8, 4) is 0 Å². The van der Waals surface area contributed by atoms with Gasteiger partial charge in [0.2, 0.25) is 0 Å². The van der Waals surface area contributed by atoms with Gasteiger partial charge in [-0.3, -0.25) is 14.9 Å². The van der Waals surface area contributed by atoms with Crippen molar-refractivity contribution in [1.82, 2.24) is 10.2 Å². The number of fused-ring (bicyclic) bond motifs is 1. The van der Waals surface area contributed by atoms with Crippen LogP contribution in [0.1, 0.15) is 53.6 Å². The van der Waals surface area contributed by atoms with E-state index in [1.807, 2.05) is 27.2 Å². The van der Waals surface area contributed by atoms with Crippen LogP contribution in [0, 0.1) is 12.3 Å². The third-order valence-electron chi connectivity index (χ3n) is 4.65. The second kappa shape index (κ2) is 5.89. The average Bonchev–Trinajstić information content (AvgIpc) is 2.88. The zero-order valence-corrected chi connectivity index (χ0v) is 14.9. The Labute approximate surface area is 142 Å². The van der Waals surface area contributed by atoms with Crippen molar-refractivity contribution in [1.29, 1.82) is 0 Å². The van der Waals surface area contributed by atoms with Gasteiger partial charge in [-0.25, -0.2) is 0 Å². The summed E-state index contributed by atoms with van der Waals surface area (Å²) < 4.78 is 0. The van der Waals surface area contributed by atoms with E-state index >= 15 is 0 Å². The average molecular weight is 324 g/mol. The van der Waals surface area contributed by atoms with Crippen LogP contribution in [-0.4, -0.2) is 36.3 Å². The lowest BCUT2D eigenvalue weighted by Crippen LogP contribution is -2.31. The number of hydrogen-bond acceptors (Lipinski definition) is 4. The molecule has 5 nitrogen and oxygen atoms in total. The number of benzene rings is 1. The van der Waals surface area contributed by atoms with Gasteiger partial charge in [-0.1, -0.05) is 26.0 Å². The number of nitrogens with one attached hydrogen (secondary N) is 1. The molecule has 0 amide bonds. The minimum Gasteiger partial charge on any atom is -0.378 e. The zero-order valence-electron chi connectivity index (χ0n) is 14.9. The topological polar surface area (TPSA) is 61.4 Å². The zero-order chi connectivity index (χ0) is 17.5. The van der Waals surface area contributed by atoms with Crippen LogP contribution in [-0.2, 0) is 0 Å². The van der Waals surface area contributed by atoms with Crippen LogP contribution in [0.2, 0.25) is 0 Å². The minimum absolute atomic E-state index is 0.122. The third-order valence-corrected chi connectivity index (χ3v) is 4.65. The Morgan fingerprint density at radius 1 is 1.29 bits per heavy atom. The van der Waals surface area contributed by atoms with E-state index in [9.17, 15) is 4.79 Å². The number of aromatic nitrogens is 2. The van der Waals surface area contributed by atoms with Gasteiger partial charge in [0.05, 0.1) is 11.3 Å². The Balaban J connectivity index is 1.92. The molecule has 1 atom stereocenters. The van der Waals surface area contributed by atoms with Gasteiger partial charge in [0.25, 0.3) is 0 Å². The third kappa shape index (κ3) is 2.86. The van der Waals surface area contributed by atoms with Crippen molar-refractivity contribution in [2.75, 3.05) is 19.0 Å². The molecule has 0 fully saturated rings. The summed E-state index contributed by atoms with van der Waals surface area (Å²) in [4.78, 5) is 19.2. The van der Waals surface area contributed by atoms with Gasteiger partial charge in [0.1, 0.15) is 6.04 Å². The number of hydrogen-bond donors (Lipinski definition) is 1. The Morgan fingerprint density at radius 2 is 1.96 bits per heavy atom. The van der Waals surface area contributed by atoms with Crippen molar-refractivity contribution in [2.24, 2.45) is 10.4 Å². The molecule has 1 aliphatic rings. The van der Waals surface area contributed by atoms with E-state index in [-0.39, 0.29) is 17.2 Å². The smallest absolute Gasteiger partial charge is 0.167 e. The lowest BCUT2D eigenvalue weighted by molar-refractivity contribution is 0.0884. The Morgan fingerprint density at radius 3 is 2.58 bits per heavy atom. The molecule has 1 heterocycles. The van der Waals surface area contributed by atoms with Crippen LogP contribution < -0.4 is 4.90 Å². The number of aliphatic imine (C=N–C) groups is 1. The molecule has 0 radical (unpaired) electrons. The van der Waals surface area contributed by atoms with Crippen molar-refractivity contribution in [2.45, 2.75) is 33.2 Å². The van der Waals surface area contributed by atoms with E-state index in [2.05, 4.69) is 53.2 Å². The number of anilines is 1. The Kier molecular flexibility index (Phi) is 4.03. The fourth-order valence-corrected chi connectivity index (χ4v) is 3.26. The van der Waals surface area contributed by atoms with Gasteiger partial charge in [0.15, 0.2) is 5.78 Å². The fraction of sp³-hybridized carbons (Fsp3) is 0.421. The first-order valence-corrected chi connectivity index (χ1v) is 8.18.